The summed E-state index contributed by atoms with van der Waals surface area (Å²) in [6.07, 6.45) is 0. The molecule has 3 nitrogen and oxygen atoms in total. The van der Waals surface area contributed by atoms with E-state index in [1.54, 1.807) is 12.4 Å². The Morgan fingerprint density at radius 3 is 2.82 bits per heavy atom. The van der Waals surface area contributed by atoms with E-state index in [1.807, 2.05) is 0 Å². The molecule has 3 N–H and O–H groups in total. The normalized spacial score (nSPS) is 9.64. The molecule has 0 aliphatic rings. The number of thiophene rings is 1. The van der Waals surface area contributed by atoms with Crippen molar-refractivity contribution < 1.29 is 4.79 Å². The molecule has 0 saturated heterocycles. The van der Waals surface area contributed by atoms with Gasteiger partial charge in [-0.05, 0) is 15.9 Å². The smallest absolute Gasteiger partial charge is 0.263 e. The van der Waals surface area contributed by atoms with Crippen LogP contribution >= 0.6 is 27.3 Å². The number of hydrogen-bond acceptors (Lipinski definition) is 3. The van der Waals surface area contributed by atoms with Crippen LogP contribution in [0.15, 0.2) is 9.85 Å². The lowest BCUT2D eigenvalue weighted by Crippen LogP contribution is -2.17. The molecule has 0 fully saturated rings. The van der Waals surface area contributed by atoms with E-state index in [0.29, 0.717) is 10.6 Å². The van der Waals surface area contributed by atoms with Crippen LogP contribution in [0.2, 0.25) is 0 Å². The molecule has 1 heterocycles. The minimum Gasteiger partial charge on any atom is -0.396 e. The van der Waals surface area contributed by atoms with Crippen molar-refractivity contribution in [2.24, 2.45) is 0 Å². The number of amides is 1. The second kappa shape index (κ2) is 3.23. The number of rotatable bonds is 1. The van der Waals surface area contributed by atoms with Gasteiger partial charge in [-0.1, -0.05) is 0 Å². The molecule has 0 atom stereocenters. The molecular weight excluding hydrogens is 228 g/mol. The van der Waals surface area contributed by atoms with Crippen LogP contribution in [0, 0.1) is 0 Å². The van der Waals surface area contributed by atoms with Gasteiger partial charge in [0.2, 0.25) is 0 Å². The summed E-state index contributed by atoms with van der Waals surface area (Å²) in [5.74, 6) is -0.141. The van der Waals surface area contributed by atoms with Crippen molar-refractivity contribution in [1.82, 2.24) is 5.32 Å². The van der Waals surface area contributed by atoms with E-state index >= 15 is 0 Å². The third-order valence-electron chi connectivity index (χ3n) is 1.22. The standard InChI is InChI=1S/C6H7BrN2OS/c1-9-6(10)5-4(8)3(7)2-11-5/h2H,8H2,1H3,(H,9,10). The molecule has 0 bridgehead atoms. The number of nitrogen functional groups attached to an aromatic ring is 1. The Bertz CT molecular complexity index is 284. The van der Waals surface area contributed by atoms with Crippen LogP contribution in [0.1, 0.15) is 9.67 Å². The van der Waals surface area contributed by atoms with E-state index in [-0.39, 0.29) is 5.91 Å². The lowest BCUT2D eigenvalue weighted by atomic mass is 10.4. The predicted molar refractivity (Wildman–Crippen MR) is 49.8 cm³/mol. The van der Waals surface area contributed by atoms with Crippen molar-refractivity contribution in [3.05, 3.63) is 14.7 Å². The average molecular weight is 235 g/mol. The summed E-state index contributed by atoms with van der Waals surface area (Å²) in [6, 6.07) is 0. The van der Waals surface area contributed by atoms with Crippen molar-refractivity contribution in [2.45, 2.75) is 0 Å². The first-order valence-corrected chi connectivity index (χ1v) is 4.58. The number of carbonyl (C=O) groups excluding carboxylic acids is 1. The molecule has 1 amide bonds. The lowest BCUT2D eigenvalue weighted by Gasteiger charge is -1.96. The number of hydrogen-bond donors (Lipinski definition) is 2. The molecule has 0 aromatic carbocycles. The fourth-order valence-corrected chi connectivity index (χ4v) is 2.04. The van der Waals surface area contributed by atoms with Gasteiger partial charge in [0, 0.05) is 12.4 Å². The van der Waals surface area contributed by atoms with Gasteiger partial charge in [-0.3, -0.25) is 4.79 Å². The van der Waals surface area contributed by atoms with E-state index in [9.17, 15) is 4.79 Å². The van der Waals surface area contributed by atoms with Gasteiger partial charge < -0.3 is 11.1 Å². The fraction of sp³-hybridized carbons (Fsp3) is 0.167. The Hall–Kier alpha value is -0.550. The highest BCUT2D eigenvalue weighted by Crippen LogP contribution is 2.29. The number of carbonyl (C=O) groups is 1. The average Bonchev–Trinajstić information content (AvgIpc) is 2.32. The summed E-state index contributed by atoms with van der Waals surface area (Å²) in [5.41, 5.74) is 6.09. The van der Waals surface area contributed by atoms with Crippen LogP contribution in [0.5, 0.6) is 0 Å². The zero-order valence-electron chi connectivity index (χ0n) is 5.85. The van der Waals surface area contributed by atoms with Crippen molar-refractivity contribution in [1.29, 1.82) is 0 Å². The van der Waals surface area contributed by atoms with Crippen LogP contribution < -0.4 is 11.1 Å². The third-order valence-corrected chi connectivity index (χ3v) is 3.17. The Kier molecular flexibility index (Phi) is 2.51. The largest absolute Gasteiger partial charge is 0.396 e. The minimum atomic E-state index is -0.141. The molecule has 0 unspecified atom stereocenters. The molecule has 60 valence electrons. The molecular formula is C6H7BrN2OS. The highest BCUT2D eigenvalue weighted by atomic mass is 79.9. The summed E-state index contributed by atoms with van der Waals surface area (Å²) >= 11 is 4.54. The van der Waals surface area contributed by atoms with Gasteiger partial charge in [-0.15, -0.1) is 11.3 Å². The summed E-state index contributed by atoms with van der Waals surface area (Å²) < 4.78 is 0.779. The first kappa shape index (κ1) is 8.55. The van der Waals surface area contributed by atoms with Crippen LogP contribution in [-0.4, -0.2) is 13.0 Å². The Balaban J connectivity index is 3.04. The van der Waals surface area contributed by atoms with Crippen molar-refractivity contribution in [3.63, 3.8) is 0 Å². The van der Waals surface area contributed by atoms with Crippen molar-refractivity contribution >= 4 is 38.9 Å². The van der Waals surface area contributed by atoms with Crippen LogP contribution in [0.3, 0.4) is 0 Å². The second-order valence-corrected chi connectivity index (χ2v) is 3.64. The summed E-state index contributed by atoms with van der Waals surface area (Å²) in [5, 5.41) is 4.30. The van der Waals surface area contributed by atoms with Gasteiger partial charge >= 0.3 is 0 Å². The van der Waals surface area contributed by atoms with Gasteiger partial charge in [0.05, 0.1) is 10.2 Å². The Morgan fingerprint density at radius 2 is 2.45 bits per heavy atom. The monoisotopic (exact) mass is 234 g/mol. The van der Waals surface area contributed by atoms with E-state index < -0.39 is 0 Å². The van der Waals surface area contributed by atoms with Crippen LogP contribution in [-0.2, 0) is 0 Å². The highest BCUT2D eigenvalue weighted by Gasteiger charge is 2.11. The van der Waals surface area contributed by atoms with Crippen LogP contribution in [0.25, 0.3) is 0 Å². The summed E-state index contributed by atoms with van der Waals surface area (Å²) in [7, 11) is 1.58. The topological polar surface area (TPSA) is 55.1 Å². The molecule has 0 spiro atoms. The number of halogens is 1. The van der Waals surface area contributed by atoms with Gasteiger partial charge in [-0.25, -0.2) is 0 Å². The van der Waals surface area contributed by atoms with E-state index in [0.717, 1.165) is 4.47 Å². The van der Waals surface area contributed by atoms with Crippen molar-refractivity contribution in [2.75, 3.05) is 12.8 Å². The third kappa shape index (κ3) is 1.54. The molecule has 0 aliphatic heterocycles. The van der Waals surface area contributed by atoms with E-state index in [1.165, 1.54) is 11.3 Å². The second-order valence-electron chi connectivity index (χ2n) is 1.91. The fourth-order valence-electron chi connectivity index (χ4n) is 0.635. The maximum absolute atomic E-state index is 11.0. The van der Waals surface area contributed by atoms with Crippen LogP contribution in [0.4, 0.5) is 5.69 Å². The lowest BCUT2D eigenvalue weighted by molar-refractivity contribution is 0.0968. The van der Waals surface area contributed by atoms with E-state index in [2.05, 4.69) is 21.2 Å². The maximum Gasteiger partial charge on any atom is 0.263 e. The highest BCUT2D eigenvalue weighted by molar-refractivity contribution is 9.10. The predicted octanol–water partition coefficient (Wildman–Crippen LogP) is 1.45. The zero-order valence-corrected chi connectivity index (χ0v) is 8.25. The van der Waals surface area contributed by atoms with Crippen molar-refractivity contribution in [3.8, 4) is 0 Å². The Morgan fingerprint density at radius 1 is 1.82 bits per heavy atom. The molecule has 0 radical (unpaired) electrons. The van der Waals surface area contributed by atoms with Gasteiger partial charge in [0.15, 0.2) is 0 Å². The number of anilines is 1. The Labute approximate surface area is 76.7 Å². The molecule has 1 aromatic heterocycles. The first-order chi connectivity index (χ1) is 5.16. The van der Waals surface area contributed by atoms with E-state index in [4.69, 9.17) is 5.73 Å². The minimum absolute atomic E-state index is 0.141. The molecule has 1 rings (SSSR count). The maximum atomic E-state index is 11.0. The SMILES string of the molecule is CNC(=O)c1scc(Br)c1N. The van der Waals surface area contributed by atoms with Gasteiger partial charge in [0.25, 0.3) is 5.91 Å². The number of nitrogens with one attached hydrogen (secondary N) is 1. The first-order valence-electron chi connectivity index (χ1n) is 2.91. The summed E-state index contributed by atoms with van der Waals surface area (Å²) in [4.78, 5) is 11.6. The molecule has 0 saturated carbocycles. The zero-order chi connectivity index (χ0) is 8.43. The molecule has 5 heteroatoms. The quantitative estimate of drug-likeness (QED) is 0.774. The van der Waals surface area contributed by atoms with Gasteiger partial charge in [0.1, 0.15) is 4.88 Å². The molecule has 1 aromatic rings. The molecule has 11 heavy (non-hydrogen) atoms. The summed E-state index contributed by atoms with van der Waals surface area (Å²) in [6.45, 7) is 0. The molecule has 0 aliphatic carbocycles. The van der Waals surface area contributed by atoms with Gasteiger partial charge in [-0.2, -0.15) is 0 Å². The number of nitrogens with two attached hydrogens (primary N) is 1.